The summed E-state index contributed by atoms with van der Waals surface area (Å²) < 4.78 is 11.0. The first-order chi connectivity index (χ1) is 6.81. The van der Waals surface area contributed by atoms with Crippen molar-refractivity contribution in [2.24, 2.45) is 0 Å². The molecule has 2 aliphatic heterocycles. The first-order valence-electron chi connectivity index (χ1n) is 6.12. The molecule has 0 radical (unpaired) electrons. The Kier molecular flexibility index (Phi) is 3.45. The van der Waals surface area contributed by atoms with Gasteiger partial charge in [0.2, 0.25) is 0 Å². The summed E-state index contributed by atoms with van der Waals surface area (Å²) >= 11 is 0. The lowest BCUT2D eigenvalue weighted by atomic mass is 10.1. The number of unbranched alkanes of at least 4 members (excludes halogenated alkanes) is 2. The Balaban J connectivity index is 1.45. The average Bonchev–Trinajstić information content (AvgIpc) is 3.03. The smallest absolute Gasteiger partial charge is 0.0842 e. The fraction of sp³-hybridized carbons (Fsp3) is 1.00. The Bertz CT molecular complexity index is 181. The fourth-order valence-corrected chi connectivity index (χ4v) is 2.14. The lowest BCUT2D eigenvalue weighted by Gasteiger charge is -1.94. The number of rotatable bonds is 7. The van der Waals surface area contributed by atoms with E-state index in [1.807, 2.05) is 0 Å². The molecule has 2 nitrogen and oxygen atoms in total. The van der Waals surface area contributed by atoms with Gasteiger partial charge in [-0.1, -0.05) is 26.2 Å². The molecular weight excluding hydrogens is 176 g/mol. The highest BCUT2D eigenvalue weighted by atomic mass is 16.6. The molecule has 0 saturated carbocycles. The van der Waals surface area contributed by atoms with E-state index in [2.05, 4.69) is 13.8 Å². The third kappa shape index (κ3) is 2.96. The molecule has 2 heterocycles. The van der Waals surface area contributed by atoms with E-state index in [0.29, 0.717) is 24.4 Å². The highest BCUT2D eigenvalue weighted by Gasteiger charge is 2.41. The Labute approximate surface area is 87.0 Å². The molecular formula is C12H22O2. The van der Waals surface area contributed by atoms with Crippen LogP contribution in [0.4, 0.5) is 0 Å². The Morgan fingerprint density at radius 2 is 1.50 bits per heavy atom. The van der Waals surface area contributed by atoms with Crippen molar-refractivity contribution >= 4 is 0 Å². The second kappa shape index (κ2) is 4.63. The molecule has 2 rings (SSSR count). The minimum absolute atomic E-state index is 0.521. The van der Waals surface area contributed by atoms with Crippen molar-refractivity contribution in [2.45, 2.75) is 76.8 Å². The van der Waals surface area contributed by atoms with E-state index >= 15 is 0 Å². The molecule has 0 aromatic heterocycles. The van der Waals surface area contributed by atoms with Gasteiger partial charge in [0.15, 0.2) is 0 Å². The zero-order valence-electron chi connectivity index (χ0n) is 9.37. The van der Waals surface area contributed by atoms with Crippen LogP contribution in [-0.4, -0.2) is 24.4 Å². The van der Waals surface area contributed by atoms with Gasteiger partial charge in [0.1, 0.15) is 0 Å². The average molecular weight is 198 g/mol. The Morgan fingerprint density at radius 3 is 2.14 bits per heavy atom. The van der Waals surface area contributed by atoms with Gasteiger partial charge in [0.05, 0.1) is 24.4 Å². The molecule has 0 spiro atoms. The molecule has 2 saturated heterocycles. The summed E-state index contributed by atoms with van der Waals surface area (Å²) in [6, 6.07) is 0. The Hall–Kier alpha value is -0.0800. The van der Waals surface area contributed by atoms with Gasteiger partial charge >= 0.3 is 0 Å². The van der Waals surface area contributed by atoms with E-state index < -0.39 is 0 Å². The van der Waals surface area contributed by atoms with Crippen molar-refractivity contribution in [2.75, 3.05) is 0 Å². The van der Waals surface area contributed by atoms with Crippen molar-refractivity contribution < 1.29 is 9.47 Å². The summed E-state index contributed by atoms with van der Waals surface area (Å²) in [6.07, 6.45) is 9.94. The largest absolute Gasteiger partial charge is 0.370 e. The van der Waals surface area contributed by atoms with Gasteiger partial charge < -0.3 is 9.47 Å². The minimum atomic E-state index is 0.521. The van der Waals surface area contributed by atoms with Crippen LogP contribution in [0.15, 0.2) is 0 Å². The highest BCUT2D eigenvalue weighted by molar-refractivity contribution is 4.88. The third-order valence-corrected chi connectivity index (χ3v) is 3.35. The molecule has 4 atom stereocenters. The summed E-state index contributed by atoms with van der Waals surface area (Å²) in [5.74, 6) is 0. The van der Waals surface area contributed by atoms with Crippen LogP contribution >= 0.6 is 0 Å². The zero-order valence-corrected chi connectivity index (χ0v) is 9.37. The second-order valence-corrected chi connectivity index (χ2v) is 4.67. The summed E-state index contributed by atoms with van der Waals surface area (Å²) in [5.41, 5.74) is 0. The normalized spacial score (nSPS) is 39.9. The van der Waals surface area contributed by atoms with Gasteiger partial charge in [-0.2, -0.15) is 0 Å². The second-order valence-electron chi connectivity index (χ2n) is 4.67. The summed E-state index contributed by atoms with van der Waals surface area (Å²) in [5, 5.41) is 0. The minimum Gasteiger partial charge on any atom is -0.370 e. The quantitative estimate of drug-likeness (QED) is 0.464. The van der Waals surface area contributed by atoms with E-state index in [-0.39, 0.29) is 0 Å². The number of epoxide rings is 2. The van der Waals surface area contributed by atoms with Crippen LogP contribution in [0.1, 0.15) is 52.4 Å². The predicted octanol–water partition coefficient (Wildman–Crippen LogP) is 2.90. The van der Waals surface area contributed by atoms with Crippen LogP contribution in [0.5, 0.6) is 0 Å². The maximum atomic E-state index is 5.62. The number of hydrogen-bond donors (Lipinski definition) is 0. The van der Waals surface area contributed by atoms with E-state index in [1.165, 1.54) is 38.5 Å². The van der Waals surface area contributed by atoms with Crippen LogP contribution in [0.3, 0.4) is 0 Å². The van der Waals surface area contributed by atoms with Crippen molar-refractivity contribution in [1.29, 1.82) is 0 Å². The molecule has 4 unspecified atom stereocenters. The lowest BCUT2D eigenvalue weighted by Crippen LogP contribution is -1.98. The molecule has 2 heteroatoms. The molecule has 14 heavy (non-hydrogen) atoms. The Morgan fingerprint density at radius 1 is 0.857 bits per heavy atom. The van der Waals surface area contributed by atoms with Gasteiger partial charge in [0.25, 0.3) is 0 Å². The van der Waals surface area contributed by atoms with Crippen molar-refractivity contribution in [3.8, 4) is 0 Å². The van der Waals surface area contributed by atoms with Gasteiger partial charge in [-0.05, 0) is 26.2 Å². The van der Waals surface area contributed by atoms with E-state index in [0.717, 1.165) is 0 Å². The predicted molar refractivity (Wildman–Crippen MR) is 56.4 cm³/mol. The molecule has 2 aliphatic rings. The van der Waals surface area contributed by atoms with E-state index in [1.54, 1.807) is 0 Å². The molecule has 0 aromatic rings. The zero-order chi connectivity index (χ0) is 9.97. The standard InChI is InChI=1S/C12H22O2/c1-3-4-5-6-11-12(14-11)8-7-10-9(2)13-10/h9-12H,3-8H2,1-2H3. The van der Waals surface area contributed by atoms with Crippen LogP contribution in [0.2, 0.25) is 0 Å². The van der Waals surface area contributed by atoms with Crippen LogP contribution in [0.25, 0.3) is 0 Å². The monoisotopic (exact) mass is 198 g/mol. The molecule has 0 aliphatic carbocycles. The number of ether oxygens (including phenoxy) is 2. The van der Waals surface area contributed by atoms with Gasteiger partial charge in [-0.3, -0.25) is 0 Å². The van der Waals surface area contributed by atoms with E-state index in [4.69, 9.17) is 9.47 Å². The van der Waals surface area contributed by atoms with Crippen LogP contribution in [-0.2, 0) is 9.47 Å². The first-order valence-corrected chi connectivity index (χ1v) is 6.12. The van der Waals surface area contributed by atoms with Gasteiger partial charge in [0, 0.05) is 0 Å². The van der Waals surface area contributed by atoms with Gasteiger partial charge in [-0.25, -0.2) is 0 Å². The van der Waals surface area contributed by atoms with Crippen molar-refractivity contribution in [3.63, 3.8) is 0 Å². The molecule has 82 valence electrons. The SMILES string of the molecule is CCCCCC1OC1CCC1OC1C. The van der Waals surface area contributed by atoms with Crippen molar-refractivity contribution in [1.82, 2.24) is 0 Å². The molecule has 2 fully saturated rings. The topological polar surface area (TPSA) is 25.1 Å². The fourth-order valence-electron chi connectivity index (χ4n) is 2.14. The van der Waals surface area contributed by atoms with Crippen molar-refractivity contribution in [3.05, 3.63) is 0 Å². The molecule has 0 aromatic carbocycles. The van der Waals surface area contributed by atoms with Gasteiger partial charge in [-0.15, -0.1) is 0 Å². The molecule has 0 bridgehead atoms. The summed E-state index contributed by atoms with van der Waals surface area (Å²) in [7, 11) is 0. The number of hydrogen-bond acceptors (Lipinski definition) is 2. The lowest BCUT2D eigenvalue weighted by molar-refractivity contribution is 0.332. The maximum absolute atomic E-state index is 5.62. The first kappa shape index (κ1) is 10.4. The highest BCUT2D eigenvalue weighted by Crippen LogP contribution is 2.34. The molecule has 0 amide bonds. The van der Waals surface area contributed by atoms with Crippen LogP contribution in [0, 0.1) is 0 Å². The van der Waals surface area contributed by atoms with E-state index in [9.17, 15) is 0 Å². The summed E-state index contributed by atoms with van der Waals surface area (Å²) in [4.78, 5) is 0. The molecule has 0 N–H and O–H groups in total. The van der Waals surface area contributed by atoms with Crippen LogP contribution < -0.4 is 0 Å². The third-order valence-electron chi connectivity index (χ3n) is 3.35. The summed E-state index contributed by atoms with van der Waals surface area (Å²) in [6.45, 7) is 4.40. The maximum Gasteiger partial charge on any atom is 0.0842 e.